The molecule has 1 aromatic heterocycles. The van der Waals surface area contributed by atoms with Gasteiger partial charge in [0.2, 0.25) is 11.8 Å². The second-order valence-corrected chi connectivity index (χ2v) is 6.48. The van der Waals surface area contributed by atoms with Crippen LogP contribution >= 0.6 is 23.2 Å². The zero-order valence-electron chi connectivity index (χ0n) is 12.7. The van der Waals surface area contributed by atoms with Gasteiger partial charge in [-0.2, -0.15) is 0 Å². The number of amides is 2. The number of nitrogens with zero attached hydrogens (tertiary/aromatic N) is 2. The molecule has 1 aliphatic heterocycles. The molecule has 0 radical (unpaired) electrons. The normalized spacial score (nSPS) is 17.2. The molecular weight excluding hydrogens is 349 g/mol. The van der Waals surface area contributed by atoms with Gasteiger partial charge in [0.05, 0.1) is 5.92 Å². The monoisotopic (exact) mass is 363 g/mol. The maximum atomic E-state index is 12.3. The van der Waals surface area contributed by atoms with Crippen LogP contribution in [0, 0.1) is 5.92 Å². The van der Waals surface area contributed by atoms with Crippen molar-refractivity contribution in [2.45, 2.75) is 13.0 Å². The molecule has 0 spiro atoms. The Morgan fingerprint density at radius 1 is 1.21 bits per heavy atom. The predicted molar refractivity (Wildman–Crippen MR) is 93.0 cm³/mol. The van der Waals surface area contributed by atoms with Gasteiger partial charge in [-0.15, -0.1) is 0 Å². The summed E-state index contributed by atoms with van der Waals surface area (Å²) in [5.74, 6) is -0.648. The molecule has 2 aromatic rings. The lowest BCUT2D eigenvalue weighted by molar-refractivity contribution is -0.126. The van der Waals surface area contributed by atoms with Crippen molar-refractivity contribution in [3.05, 3.63) is 58.3 Å². The van der Waals surface area contributed by atoms with Gasteiger partial charge in [-0.3, -0.25) is 14.6 Å². The third kappa shape index (κ3) is 3.86. The molecule has 124 valence electrons. The standard InChI is InChI=1S/C17H15Cl2N3O2/c18-13-6-14(19)8-15(7-13)22-10-12(5-16(22)23)17(24)21-9-11-1-3-20-4-2-11/h1-4,6-8,12H,5,9-10H2,(H,21,24). The third-order valence-corrected chi connectivity index (χ3v) is 4.31. The first-order valence-corrected chi connectivity index (χ1v) is 8.21. The highest BCUT2D eigenvalue weighted by Crippen LogP contribution is 2.30. The van der Waals surface area contributed by atoms with Gasteiger partial charge in [-0.05, 0) is 35.9 Å². The van der Waals surface area contributed by atoms with Crippen molar-refractivity contribution in [3.8, 4) is 0 Å². The van der Waals surface area contributed by atoms with E-state index in [1.807, 2.05) is 12.1 Å². The number of pyridine rings is 1. The molecule has 2 amide bonds. The van der Waals surface area contributed by atoms with Crippen LogP contribution in [0.1, 0.15) is 12.0 Å². The fourth-order valence-corrected chi connectivity index (χ4v) is 3.18. The molecule has 1 N–H and O–H groups in total. The van der Waals surface area contributed by atoms with Crippen molar-refractivity contribution >= 4 is 40.7 Å². The molecule has 3 rings (SSSR count). The Morgan fingerprint density at radius 3 is 2.54 bits per heavy atom. The van der Waals surface area contributed by atoms with Crippen molar-refractivity contribution in [2.75, 3.05) is 11.4 Å². The van der Waals surface area contributed by atoms with E-state index >= 15 is 0 Å². The second kappa shape index (κ2) is 7.20. The fourth-order valence-electron chi connectivity index (χ4n) is 2.66. The quantitative estimate of drug-likeness (QED) is 0.907. The van der Waals surface area contributed by atoms with Gasteiger partial charge in [0.1, 0.15) is 0 Å². The number of hydrogen-bond acceptors (Lipinski definition) is 3. The predicted octanol–water partition coefficient (Wildman–Crippen LogP) is 3.06. The Hall–Kier alpha value is -2.11. The fraction of sp³-hybridized carbons (Fsp3) is 0.235. The van der Waals surface area contributed by atoms with Crippen molar-refractivity contribution in [1.29, 1.82) is 0 Å². The van der Waals surface area contributed by atoms with Crippen LogP contribution in [0.15, 0.2) is 42.7 Å². The van der Waals surface area contributed by atoms with Gasteiger partial charge in [-0.1, -0.05) is 23.2 Å². The first-order chi connectivity index (χ1) is 11.5. The zero-order valence-corrected chi connectivity index (χ0v) is 14.2. The number of aromatic nitrogens is 1. The van der Waals surface area contributed by atoms with Crippen LogP contribution in [0.4, 0.5) is 5.69 Å². The van der Waals surface area contributed by atoms with Crippen LogP contribution in [-0.4, -0.2) is 23.3 Å². The number of halogens is 2. The van der Waals surface area contributed by atoms with Crippen molar-refractivity contribution in [2.24, 2.45) is 5.92 Å². The summed E-state index contributed by atoms with van der Waals surface area (Å²) in [5.41, 5.74) is 1.57. The summed E-state index contributed by atoms with van der Waals surface area (Å²) < 4.78 is 0. The number of carbonyl (C=O) groups is 2. The summed E-state index contributed by atoms with van der Waals surface area (Å²) in [7, 11) is 0. The van der Waals surface area contributed by atoms with E-state index in [-0.39, 0.29) is 18.2 Å². The van der Waals surface area contributed by atoms with Crippen LogP contribution in [0.5, 0.6) is 0 Å². The van der Waals surface area contributed by atoms with E-state index < -0.39 is 5.92 Å². The summed E-state index contributed by atoms with van der Waals surface area (Å²) in [4.78, 5) is 30.0. The molecule has 0 saturated carbocycles. The van der Waals surface area contributed by atoms with Crippen LogP contribution in [0.2, 0.25) is 10.0 Å². The molecule has 0 bridgehead atoms. The van der Waals surface area contributed by atoms with Crippen molar-refractivity contribution < 1.29 is 9.59 Å². The average Bonchev–Trinajstić information content (AvgIpc) is 2.95. The lowest BCUT2D eigenvalue weighted by atomic mass is 10.1. The number of nitrogens with one attached hydrogen (secondary N) is 1. The summed E-state index contributed by atoms with van der Waals surface area (Å²) in [6.45, 7) is 0.729. The first-order valence-electron chi connectivity index (χ1n) is 7.46. The van der Waals surface area contributed by atoms with E-state index in [1.165, 1.54) is 0 Å². The van der Waals surface area contributed by atoms with Gasteiger partial charge in [0.25, 0.3) is 0 Å². The highest BCUT2D eigenvalue weighted by Gasteiger charge is 2.35. The van der Waals surface area contributed by atoms with E-state index in [9.17, 15) is 9.59 Å². The van der Waals surface area contributed by atoms with E-state index in [0.29, 0.717) is 28.8 Å². The zero-order chi connectivity index (χ0) is 17.1. The SMILES string of the molecule is O=C(NCc1ccncc1)C1CC(=O)N(c2cc(Cl)cc(Cl)c2)C1. The summed E-state index contributed by atoms with van der Waals surface area (Å²) >= 11 is 12.0. The molecule has 1 fully saturated rings. The molecule has 2 heterocycles. The van der Waals surface area contributed by atoms with Crippen molar-refractivity contribution in [1.82, 2.24) is 10.3 Å². The topological polar surface area (TPSA) is 62.3 Å². The average molecular weight is 364 g/mol. The maximum absolute atomic E-state index is 12.3. The van der Waals surface area contributed by atoms with E-state index in [1.54, 1.807) is 35.5 Å². The van der Waals surface area contributed by atoms with E-state index in [2.05, 4.69) is 10.3 Å². The Balaban J connectivity index is 1.64. The smallest absolute Gasteiger partial charge is 0.227 e. The molecule has 7 heteroatoms. The van der Waals surface area contributed by atoms with Gasteiger partial charge >= 0.3 is 0 Å². The molecule has 5 nitrogen and oxygen atoms in total. The summed E-state index contributed by atoms with van der Waals surface area (Å²) in [6, 6.07) is 8.61. The largest absolute Gasteiger partial charge is 0.352 e. The number of rotatable bonds is 4. The lowest BCUT2D eigenvalue weighted by Gasteiger charge is -2.17. The van der Waals surface area contributed by atoms with E-state index in [4.69, 9.17) is 23.2 Å². The van der Waals surface area contributed by atoms with Crippen molar-refractivity contribution in [3.63, 3.8) is 0 Å². The van der Waals surface area contributed by atoms with Crippen LogP contribution in [0.3, 0.4) is 0 Å². The number of carbonyl (C=O) groups excluding carboxylic acids is 2. The minimum Gasteiger partial charge on any atom is -0.352 e. The van der Waals surface area contributed by atoms with Gasteiger partial charge < -0.3 is 10.2 Å². The molecule has 24 heavy (non-hydrogen) atoms. The molecule has 1 atom stereocenters. The molecule has 1 saturated heterocycles. The molecule has 0 aliphatic carbocycles. The van der Waals surface area contributed by atoms with Crippen LogP contribution in [-0.2, 0) is 16.1 Å². The Kier molecular flexibility index (Phi) is 5.02. The first kappa shape index (κ1) is 16.7. The maximum Gasteiger partial charge on any atom is 0.227 e. The number of hydrogen-bond donors (Lipinski definition) is 1. The summed E-state index contributed by atoms with van der Waals surface area (Å²) in [5, 5.41) is 3.77. The number of anilines is 1. The molecular formula is C17H15Cl2N3O2. The van der Waals surface area contributed by atoms with Gasteiger partial charge in [0, 0.05) is 47.6 Å². The molecule has 1 unspecified atom stereocenters. The highest BCUT2D eigenvalue weighted by atomic mass is 35.5. The Labute approximate surface area is 149 Å². The van der Waals surface area contributed by atoms with Crippen LogP contribution in [0.25, 0.3) is 0 Å². The minimum absolute atomic E-state index is 0.114. The Bertz CT molecular complexity index is 747. The minimum atomic E-state index is -0.392. The lowest BCUT2D eigenvalue weighted by Crippen LogP contribution is -2.32. The van der Waals surface area contributed by atoms with Gasteiger partial charge in [0.15, 0.2) is 0 Å². The second-order valence-electron chi connectivity index (χ2n) is 5.61. The highest BCUT2D eigenvalue weighted by molar-refractivity contribution is 6.35. The van der Waals surface area contributed by atoms with E-state index in [0.717, 1.165) is 5.56 Å². The molecule has 1 aromatic carbocycles. The molecule has 1 aliphatic rings. The third-order valence-electron chi connectivity index (χ3n) is 3.87. The number of benzene rings is 1. The van der Waals surface area contributed by atoms with Gasteiger partial charge in [-0.25, -0.2) is 0 Å². The Morgan fingerprint density at radius 2 is 1.88 bits per heavy atom. The van der Waals surface area contributed by atoms with Crippen LogP contribution < -0.4 is 10.2 Å². The summed E-state index contributed by atoms with van der Waals surface area (Å²) in [6.07, 6.45) is 3.52.